The number of benzene rings is 2. The number of ether oxygens (including phenoxy) is 1. The van der Waals surface area contributed by atoms with Crippen molar-refractivity contribution in [1.29, 1.82) is 0 Å². The predicted molar refractivity (Wildman–Crippen MR) is 119 cm³/mol. The van der Waals surface area contributed by atoms with Gasteiger partial charge in [-0.1, -0.05) is 24.3 Å². The number of fused-ring (bicyclic) bond motifs is 1. The lowest BCUT2D eigenvalue weighted by Gasteiger charge is -2.34. The second-order valence-electron chi connectivity index (χ2n) is 8.10. The van der Waals surface area contributed by atoms with Crippen LogP contribution >= 0.6 is 0 Å². The maximum Gasteiger partial charge on any atom is 0.254 e. The zero-order valence-corrected chi connectivity index (χ0v) is 18.2. The number of piperidine rings is 1. The summed E-state index contributed by atoms with van der Waals surface area (Å²) in [6.45, 7) is 1.55. The average Bonchev–Trinajstić information content (AvgIpc) is 3.21. The second kappa shape index (κ2) is 8.79. The monoisotopic (exact) mass is 420 g/mol. The van der Waals surface area contributed by atoms with Crippen molar-refractivity contribution in [3.05, 3.63) is 60.2 Å². The van der Waals surface area contributed by atoms with Crippen molar-refractivity contribution < 1.29 is 14.3 Å². The quantitative estimate of drug-likeness (QED) is 0.636. The topological polar surface area (TPSA) is 67.7 Å². The van der Waals surface area contributed by atoms with Crippen molar-refractivity contribution in [2.24, 2.45) is 13.0 Å². The van der Waals surface area contributed by atoms with Gasteiger partial charge in [0.15, 0.2) is 0 Å². The molecule has 0 aliphatic carbocycles. The summed E-state index contributed by atoms with van der Waals surface area (Å²) in [5, 5.41) is 1.78. The van der Waals surface area contributed by atoms with Crippen LogP contribution in [0.5, 0.6) is 5.75 Å². The smallest absolute Gasteiger partial charge is 0.254 e. The van der Waals surface area contributed by atoms with E-state index in [0.29, 0.717) is 25.2 Å². The molecule has 0 N–H and O–H groups in total. The number of likely N-dealkylation sites (tertiary alicyclic amines) is 1. The highest BCUT2D eigenvalue weighted by Crippen LogP contribution is 2.30. The Balaban J connectivity index is 1.51. The molecule has 7 heteroatoms. The lowest BCUT2D eigenvalue weighted by molar-refractivity contribution is -0.136. The first kappa shape index (κ1) is 20.9. The lowest BCUT2D eigenvalue weighted by Crippen LogP contribution is -2.46. The van der Waals surface area contributed by atoms with E-state index in [2.05, 4.69) is 4.98 Å². The van der Waals surface area contributed by atoms with Crippen LogP contribution in [0, 0.1) is 5.92 Å². The minimum absolute atomic E-state index is 0.0388. The van der Waals surface area contributed by atoms with Crippen LogP contribution in [0.2, 0.25) is 0 Å². The summed E-state index contributed by atoms with van der Waals surface area (Å²) in [6.07, 6.45) is 5.20. The molecular formula is C24H28N4O3. The Labute approximate surface area is 182 Å². The molecule has 1 saturated heterocycles. The number of methoxy groups -OCH3 is 1. The van der Waals surface area contributed by atoms with Gasteiger partial charge in [-0.2, -0.15) is 0 Å². The molecule has 162 valence electrons. The molecule has 2 aromatic carbocycles. The molecule has 3 aromatic rings. The highest BCUT2D eigenvalue weighted by atomic mass is 16.5. The Bertz CT molecular complexity index is 1110. The van der Waals surface area contributed by atoms with Gasteiger partial charge in [0.25, 0.3) is 5.91 Å². The molecule has 1 aliphatic rings. The third-order valence-corrected chi connectivity index (χ3v) is 6.07. The first-order valence-electron chi connectivity index (χ1n) is 10.6. The van der Waals surface area contributed by atoms with Crippen LogP contribution in [0.3, 0.4) is 0 Å². The second-order valence-corrected chi connectivity index (χ2v) is 8.10. The molecule has 31 heavy (non-hydrogen) atoms. The molecule has 1 atom stereocenters. The van der Waals surface area contributed by atoms with Gasteiger partial charge in [0.05, 0.1) is 19.6 Å². The molecule has 2 heterocycles. The van der Waals surface area contributed by atoms with Gasteiger partial charge in [0, 0.05) is 50.5 Å². The summed E-state index contributed by atoms with van der Waals surface area (Å²) in [7, 11) is 5.35. The van der Waals surface area contributed by atoms with Crippen LogP contribution in [-0.2, 0) is 18.4 Å². The van der Waals surface area contributed by atoms with Gasteiger partial charge >= 0.3 is 0 Å². The molecule has 2 amide bonds. The highest BCUT2D eigenvalue weighted by molar-refractivity contribution is 6.08. The van der Waals surface area contributed by atoms with E-state index in [0.717, 1.165) is 35.2 Å². The van der Waals surface area contributed by atoms with E-state index in [1.54, 1.807) is 25.3 Å². The van der Waals surface area contributed by atoms with Gasteiger partial charge in [0.2, 0.25) is 5.91 Å². The fourth-order valence-electron chi connectivity index (χ4n) is 4.32. The maximum absolute atomic E-state index is 13.4. The summed E-state index contributed by atoms with van der Waals surface area (Å²) in [6, 6.07) is 11.4. The number of aromatic nitrogens is 2. The van der Waals surface area contributed by atoms with Gasteiger partial charge in [-0.15, -0.1) is 0 Å². The number of carbonyl (C=O) groups is 2. The van der Waals surface area contributed by atoms with Gasteiger partial charge < -0.3 is 19.1 Å². The Morgan fingerprint density at radius 2 is 1.97 bits per heavy atom. The Kier molecular flexibility index (Phi) is 5.93. The van der Waals surface area contributed by atoms with E-state index in [1.807, 2.05) is 59.1 Å². The van der Waals surface area contributed by atoms with Gasteiger partial charge in [-0.25, -0.2) is 4.98 Å². The molecule has 4 rings (SSSR count). The number of nitrogens with zero attached hydrogens (tertiary/aromatic N) is 4. The van der Waals surface area contributed by atoms with Crippen molar-refractivity contribution in [3.8, 4) is 5.75 Å². The average molecular weight is 421 g/mol. The van der Waals surface area contributed by atoms with Crippen molar-refractivity contribution >= 4 is 22.6 Å². The minimum Gasteiger partial charge on any atom is -0.496 e. The van der Waals surface area contributed by atoms with Crippen molar-refractivity contribution in [2.45, 2.75) is 19.4 Å². The number of rotatable bonds is 5. The molecule has 0 unspecified atom stereocenters. The van der Waals surface area contributed by atoms with Crippen LogP contribution in [0.15, 0.2) is 48.8 Å². The first-order valence-corrected chi connectivity index (χ1v) is 10.6. The maximum atomic E-state index is 13.4. The largest absolute Gasteiger partial charge is 0.496 e. The molecule has 1 aliphatic heterocycles. The van der Waals surface area contributed by atoms with E-state index in [9.17, 15) is 9.59 Å². The Morgan fingerprint density at radius 3 is 2.68 bits per heavy atom. The number of amides is 2. The van der Waals surface area contributed by atoms with E-state index in [1.165, 1.54) is 0 Å². The van der Waals surface area contributed by atoms with Gasteiger partial charge in [-0.05, 0) is 30.4 Å². The van der Waals surface area contributed by atoms with Crippen molar-refractivity contribution in [3.63, 3.8) is 0 Å². The van der Waals surface area contributed by atoms with E-state index in [4.69, 9.17) is 4.74 Å². The molecule has 7 nitrogen and oxygen atoms in total. The van der Waals surface area contributed by atoms with Crippen LogP contribution < -0.4 is 4.74 Å². The molecular weight excluding hydrogens is 392 g/mol. The summed E-state index contributed by atoms with van der Waals surface area (Å²) in [4.78, 5) is 34.3. The number of carbonyl (C=O) groups excluding carboxylic acids is 2. The summed E-state index contributed by atoms with van der Waals surface area (Å²) < 4.78 is 7.36. The standard InChI is InChI=1S/C24H28N4O3/c1-26-14-12-25-22(26)16-27(2)23(29)17-7-6-13-28(15-17)24(30)20-10-11-21(31-3)19-9-5-4-8-18(19)20/h4-5,8-12,14,17H,6-7,13,15-16H2,1-3H3/t17-/m1/s1. The molecule has 0 saturated carbocycles. The molecule has 0 spiro atoms. The minimum atomic E-state index is -0.201. The highest BCUT2D eigenvalue weighted by Gasteiger charge is 2.31. The molecule has 0 radical (unpaired) electrons. The van der Waals surface area contributed by atoms with E-state index in [-0.39, 0.29) is 17.7 Å². The zero-order chi connectivity index (χ0) is 22.0. The predicted octanol–water partition coefficient (Wildman–Crippen LogP) is 3.09. The van der Waals surface area contributed by atoms with E-state index < -0.39 is 0 Å². The number of imidazole rings is 1. The Hall–Kier alpha value is -3.35. The Morgan fingerprint density at radius 1 is 1.19 bits per heavy atom. The normalized spacial score (nSPS) is 16.4. The zero-order valence-electron chi connectivity index (χ0n) is 18.2. The summed E-state index contributed by atoms with van der Waals surface area (Å²) >= 11 is 0. The molecule has 0 bridgehead atoms. The van der Waals surface area contributed by atoms with Crippen LogP contribution in [0.1, 0.15) is 29.0 Å². The number of aryl methyl sites for hydroxylation is 1. The van der Waals surface area contributed by atoms with Crippen LogP contribution in [0.4, 0.5) is 0 Å². The van der Waals surface area contributed by atoms with Crippen LogP contribution in [0.25, 0.3) is 10.8 Å². The van der Waals surface area contributed by atoms with Gasteiger partial charge in [0.1, 0.15) is 11.6 Å². The summed E-state index contributed by atoms with van der Waals surface area (Å²) in [5.74, 6) is 1.40. The van der Waals surface area contributed by atoms with Crippen LogP contribution in [-0.4, -0.2) is 58.4 Å². The van der Waals surface area contributed by atoms with Crippen molar-refractivity contribution in [2.75, 3.05) is 27.2 Å². The molecule has 1 fully saturated rings. The summed E-state index contributed by atoms with van der Waals surface area (Å²) in [5.41, 5.74) is 0.644. The fraction of sp³-hybridized carbons (Fsp3) is 0.375. The van der Waals surface area contributed by atoms with Crippen molar-refractivity contribution in [1.82, 2.24) is 19.4 Å². The lowest BCUT2D eigenvalue weighted by atomic mass is 9.95. The third-order valence-electron chi connectivity index (χ3n) is 6.07. The molecule has 1 aromatic heterocycles. The van der Waals surface area contributed by atoms with Gasteiger partial charge in [-0.3, -0.25) is 9.59 Å². The fourth-order valence-corrected chi connectivity index (χ4v) is 4.32. The third kappa shape index (κ3) is 4.13. The van der Waals surface area contributed by atoms with E-state index >= 15 is 0 Å². The number of hydrogen-bond acceptors (Lipinski definition) is 4. The number of hydrogen-bond donors (Lipinski definition) is 0. The first-order chi connectivity index (χ1) is 15.0. The SMILES string of the molecule is COc1ccc(C(=O)N2CCC[C@@H](C(=O)N(C)Cc3nccn3C)C2)c2ccccc12.